The van der Waals surface area contributed by atoms with E-state index in [2.05, 4.69) is 20.2 Å². The average molecular weight is 449 g/mol. The fourth-order valence-corrected chi connectivity index (χ4v) is 3.89. The second-order valence-electron chi connectivity index (χ2n) is 7.79. The number of carbonyl (C=O) groups excluding carboxylic acids is 1. The molecule has 0 aliphatic carbocycles. The standard InChI is InChI=1S/C25H28N4O4/c1-31-21-8-9-22(32-2)19(14-21)16-26-25(30)18-10-12-29(13-11-18)23-15-24(28-17-27-23)33-20-6-4-3-5-7-20/h3-9,14-15,17-18H,10-13,16H2,1-2H3,(H,26,30). The van der Waals surface area contributed by atoms with Crippen molar-refractivity contribution in [3.63, 3.8) is 0 Å². The number of nitrogens with zero attached hydrogens (tertiary/aromatic N) is 3. The lowest BCUT2D eigenvalue weighted by Crippen LogP contribution is -2.40. The number of piperidine rings is 1. The number of aromatic nitrogens is 2. The van der Waals surface area contributed by atoms with Gasteiger partial charge in [-0.05, 0) is 43.2 Å². The molecule has 0 unspecified atom stereocenters. The molecular formula is C25H28N4O4. The molecule has 8 nitrogen and oxygen atoms in total. The Bertz CT molecular complexity index is 1070. The van der Waals surface area contributed by atoms with E-state index >= 15 is 0 Å². The Labute approximate surface area is 193 Å². The smallest absolute Gasteiger partial charge is 0.224 e. The van der Waals surface area contributed by atoms with Gasteiger partial charge in [0.15, 0.2) is 0 Å². The predicted octanol–water partition coefficient (Wildman–Crippen LogP) is 3.82. The number of amides is 1. The van der Waals surface area contributed by atoms with Crippen LogP contribution in [0.3, 0.4) is 0 Å². The molecule has 2 aromatic carbocycles. The summed E-state index contributed by atoms with van der Waals surface area (Å²) >= 11 is 0. The third kappa shape index (κ3) is 5.71. The Hall–Kier alpha value is -3.81. The molecule has 1 aliphatic heterocycles. The molecule has 4 rings (SSSR count). The summed E-state index contributed by atoms with van der Waals surface area (Å²) in [5.74, 6) is 3.49. The summed E-state index contributed by atoms with van der Waals surface area (Å²) in [5.41, 5.74) is 0.884. The van der Waals surface area contributed by atoms with Crippen LogP contribution in [0, 0.1) is 5.92 Å². The molecule has 1 aliphatic rings. The van der Waals surface area contributed by atoms with Crippen LogP contribution in [0.2, 0.25) is 0 Å². The number of carbonyl (C=O) groups is 1. The maximum absolute atomic E-state index is 12.8. The molecule has 1 aromatic heterocycles. The Morgan fingerprint density at radius 3 is 2.52 bits per heavy atom. The van der Waals surface area contributed by atoms with Crippen molar-refractivity contribution in [3.05, 3.63) is 66.5 Å². The zero-order chi connectivity index (χ0) is 23.0. The summed E-state index contributed by atoms with van der Waals surface area (Å²) in [6.07, 6.45) is 3.01. The van der Waals surface area contributed by atoms with Crippen molar-refractivity contribution < 1.29 is 19.0 Å². The first kappa shape index (κ1) is 22.4. The van der Waals surface area contributed by atoms with Gasteiger partial charge in [-0.25, -0.2) is 9.97 Å². The molecule has 1 saturated heterocycles. The molecule has 172 valence electrons. The van der Waals surface area contributed by atoms with Gasteiger partial charge in [-0.3, -0.25) is 4.79 Å². The van der Waals surface area contributed by atoms with E-state index in [1.807, 2.05) is 54.6 Å². The summed E-state index contributed by atoms with van der Waals surface area (Å²) in [7, 11) is 3.23. The van der Waals surface area contributed by atoms with Crippen LogP contribution in [0.4, 0.5) is 5.82 Å². The second-order valence-corrected chi connectivity index (χ2v) is 7.79. The number of benzene rings is 2. The first-order valence-electron chi connectivity index (χ1n) is 10.9. The molecule has 1 amide bonds. The van der Waals surface area contributed by atoms with E-state index < -0.39 is 0 Å². The van der Waals surface area contributed by atoms with Crippen molar-refractivity contribution in [1.82, 2.24) is 15.3 Å². The minimum Gasteiger partial charge on any atom is -0.497 e. The van der Waals surface area contributed by atoms with Gasteiger partial charge in [0.05, 0.1) is 14.2 Å². The Morgan fingerprint density at radius 2 is 1.79 bits per heavy atom. The molecule has 1 N–H and O–H groups in total. The summed E-state index contributed by atoms with van der Waals surface area (Å²) in [5, 5.41) is 3.05. The number of para-hydroxylation sites is 1. The summed E-state index contributed by atoms with van der Waals surface area (Å²) in [6.45, 7) is 1.87. The highest BCUT2D eigenvalue weighted by Crippen LogP contribution is 2.27. The first-order valence-corrected chi connectivity index (χ1v) is 10.9. The third-order valence-electron chi connectivity index (χ3n) is 5.72. The number of nitrogens with one attached hydrogen (secondary N) is 1. The average Bonchev–Trinajstić information content (AvgIpc) is 2.88. The van der Waals surface area contributed by atoms with E-state index in [0.717, 1.165) is 54.6 Å². The van der Waals surface area contributed by atoms with Crippen LogP contribution in [0.25, 0.3) is 0 Å². The number of hydrogen-bond donors (Lipinski definition) is 1. The van der Waals surface area contributed by atoms with Gasteiger partial charge in [0.1, 0.15) is 29.4 Å². The number of ether oxygens (including phenoxy) is 3. The molecule has 1 fully saturated rings. The van der Waals surface area contributed by atoms with Crippen LogP contribution in [-0.4, -0.2) is 43.2 Å². The third-order valence-corrected chi connectivity index (χ3v) is 5.72. The molecular weight excluding hydrogens is 420 g/mol. The van der Waals surface area contributed by atoms with E-state index in [-0.39, 0.29) is 11.8 Å². The van der Waals surface area contributed by atoms with E-state index in [1.165, 1.54) is 6.33 Å². The number of rotatable bonds is 8. The topological polar surface area (TPSA) is 85.8 Å². The summed E-state index contributed by atoms with van der Waals surface area (Å²) in [6, 6.07) is 16.9. The van der Waals surface area contributed by atoms with Crippen molar-refractivity contribution >= 4 is 11.7 Å². The number of anilines is 1. The normalized spacial score (nSPS) is 13.9. The maximum atomic E-state index is 12.8. The second kappa shape index (κ2) is 10.7. The molecule has 8 heteroatoms. The summed E-state index contributed by atoms with van der Waals surface area (Å²) in [4.78, 5) is 23.5. The number of hydrogen-bond acceptors (Lipinski definition) is 7. The van der Waals surface area contributed by atoms with Crippen LogP contribution in [-0.2, 0) is 11.3 Å². The van der Waals surface area contributed by atoms with Crippen molar-refractivity contribution in [1.29, 1.82) is 0 Å². The van der Waals surface area contributed by atoms with Crippen LogP contribution >= 0.6 is 0 Å². The Balaban J connectivity index is 1.31. The maximum Gasteiger partial charge on any atom is 0.224 e. The van der Waals surface area contributed by atoms with E-state index in [1.54, 1.807) is 14.2 Å². The largest absolute Gasteiger partial charge is 0.497 e. The quantitative estimate of drug-likeness (QED) is 0.561. The molecule has 2 heterocycles. The molecule has 0 saturated carbocycles. The molecule has 3 aromatic rings. The van der Waals surface area contributed by atoms with Crippen molar-refractivity contribution in [3.8, 4) is 23.1 Å². The Morgan fingerprint density at radius 1 is 1.00 bits per heavy atom. The molecule has 0 bridgehead atoms. The lowest BCUT2D eigenvalue weighted by molar-refractivity contribution is -0.125. The molecule has 0 radical (unpaired) electrons. The fraction of sp³-hybridized carbons (Fsp3) is 0.320. The minimum absolute atomic E-state index is 0.0419. The fourth-order valence-electron chi connectivity index (χ4n) is 3.89. The van der Waals surface area contributed by atoms with Crippen LogP contribution in [0.15, 0.2) is 60.9 Å². The van der Waals surface area contributed by atoms with Gasteiger partial charge in [0, 0.05) is 37.2 Å². The highest BCUT2D eigenvalue weighted by molar-refractivity contribution is 5.79. The van der Waals surface area contributed by atoms with Gasteiger partial charge in [0.25, 0.3) is 0 Å². The van der Waals surface area contributed by atoms with Crippen molar-refractivity contribution in [2.45, 2.75) is 19.4 Å². The molecule has 0 spiro atoms. The number of methoxy groups -OCH3 is 2. The zero-order valence-electron chi connectivity index (χ0n) is 18.9. The van der Waals surface area contributed by atoms with Crippen molar-refractivity contribution in [2.24, 2.45) is 5.92 Å². The SMILES string of the molecule is COc1ccc(OC)c(CNC(=O)C2CCN(c3cc(Oc4ccccc4)ncn3)CC2)c1. The highest BCUT2D eigenvalue weighted by Gasteiger charge is 2.26. The summed E-state index contributed by atoms with van der Waals surface area (Å²) < 4.78 is 16.5. The van der Waals surface area contributed by atoms with E-state index in [0.29, 0.717) is 12.4 Å². The minimum atomic E-state index is -0.0419. The lowest BCUT2D eigenvalue weighted by atomic mass is 9.96. The van der Waals surface area contributed by atoms with Gasteiger partial charge in [0.2, 0.25) is 11.8 Å². The molecule has 0 atom stereocenters. The van der Waals surface area contributed by atoms with Crippen LogP contribution < -0.4 is 24.4 Å². The zero-order valence-corrected chi connectivity index (χ0v) is 18.9. The van der Waals surface area contributed by atoms with Crippen molar-refractivity contribution in [2.75, 3.05) is 32.2 Å². The predicted molar refractivity (Wildman–Crippen MR) is 125 cm³/mol. The van der Waals surface area contributed by atoms with Gasteiger partial charge in [-0.15, -0.1) is 0 Å². The lowest BCUT2D eigenvalue weighted by Gasteiger charge is -2.32. The van der Waals surface area contributed by atoms with Gasteiger partial charge >= 0.3 is 0 Å². The van der Waals surface area contributed by atoms with Gasteiger partial charge < -0.3 is 24.4 Å². The monoisotopic (exact) mass is 448 g/mol. The van der Waals surface area contributed by atoms with E-state index in [9.17, 15) is 4.79 Å². The van der Waals surface area contributed by atoms with E-state index in [4.69, 9.17) is 14.2 Å². The van der Waals surface area contributed by atoms with Crippen LogP contribution in [0.1, 0.15) is 18.4 Å². The Kier molecular flexibility index (Phi) is 7.24. The van der Waals surface area contributed by atoms with Gasteiger partial charge in [-0.2, -0.15) is 0 Å². The first-order chi connectivity index (χ1) is 16.2. The van der Waals surface area contributed by atoms with Crippen LogP contribution in [0.5, 0.6) is 23.1 Å². The highest BCUT2D eigenvalue weighted by atomic mass is 16.5. The molecule has 33 heavy (non-hydrogen) atoms. The van der Waals surface area contributed by atoms with Gasteiger partial charge in [-0.1, -0.05) is 18.2 Å².